The van der Waals surface area contributed by atoms with Crippen molar-refractivity contribution in [1.29, 1.82) is 0 Å². The summed E-state index contributed by atoms with van der Waals surface area (Å²) in [6.07, 6.45) is 1.16. The molecule has 4 heteroatoms. The van der Waals surface area contributed by atoms with Gasteiger partial charge in [-0.1, -0.05) is 40.2 Å². The van der Waals surface area contributed by atoms with Crippen LogP contribution in [-0.2, 0) is 11.2 Å². The van der Waals surface area contributed by atoms with Gasteiger partial charge >= 0.3 is 0 Å². The first-order valence-electron chi connectivity index (χ1n) is 6.94. The monoisotopic (exact) mass is 346 g/mol. The molecule has 0 saturated carbocycles. The molecule has 0 fully saturated rings. The molecular formula is C17H19BrN2O. The zero-order valence-electron chi connectivity index (χ0n) is 12.0. The number of nitrogens with two attached hydrogens (primary N) is 1. The molecule has 1 atom stereocenters. The molecule has 0 spiro atoms. The number of aryl methyl sites for hydroxylation is 1. The topological polar surface area (TPSA) is 55.1 Å². The molecule has 2 aromatic rings. The molecule has 3 N–H and O–H groups in total. The number of carbonyl (C=O) groups is 1. The molecule has 0 aliphatic carbocycles. The van der Waals surface area contributed by atoms with E-state index in [-0.39, 0.29) is 11.9 Å². The highest BCUT2D eigenvalue weighted by atomic mass is 79.9. The number of rotatable bonds is 5. The summed E-state index contributed by atoms with van der Waals surface area (Å²) in [7, 11) is 0. The number of hydrogen-bond donors (Lipinski definition) is 2. The fourth-order valence-corrected chi connectivity index (χ4v) is 2.42. The van der Waals surface area contributed by atoms with E-state index in [1.54, 1.807) is 0 Å². The van der Waals surface area contributed by atoms with Gasteiger partial charge in [-0.25, -0.2) is 0 Å². The Labute approximate surface area is 133 Å². The SMILES string of the molecule is CC(NC(=O)CCc1cccc(N)c1)c1ccc(Br)cc1. The van der Waals surface area contributed by atoms with E-state index < -0.39 is 0 Å². The van der Waals surface area contributed by atoms with Gasteiger partial charge in [0.1, 0.15) is 0 Å². The van der Waals surface area contributed by atoms with Crippen LogP contribution in [0.3, 0.4) is 0 Å². The van der Waals surface area contributed by atoms with E-state index in [1.165, 1.54) is 0 Å². The van der Waals surface area contributed by atoms with Crippen LogP contribution in [0, 0.1) is 0 Å². The largest absolute Gasteiger partial charge is 0.399 e. The highest BCUT2D eigenvalue weighted by Crippen LogP contribution is 2.17. The molecule has 0 aliphatic rings. The van der Waals surface area contributed by atoms with Crippen molar-refractivity contribution in [2.75, 3.05) is 5.73 Å². The zero-order valence-corrected chi connectivity index (χ0v) is 13.6. The Morgan fingerprint density at radius 1 is 1.24 bits per heavy atom. The van der Waals surface area contributed by atoms with Crippen molar-refractivity contribution in [2.45, 2.75) is 25.8 Å². The van der Waals surface area contributed by atoms with Gasteiger partial charge in [0.05, 0.1) is 6.04 Å². The van der Waals surface area contributed by atoms with Crippen molar-refractivity contribution in [3.05, 3.63) is 64.1 Å². The Bertz CT molecular complexity index is 610. The average Bonchev–Trinajstić information content (AvgIpc) is 2.46. The lowest BCUT2D eigenvalue weighted by molar-refractivity contribution is -0.121. The molecule has 21 heavy (non-hydrogen) atoms. The van der Waals surface area contributed by atoms with E-state index in [9.17, 15) is 4.79 Å². The number of halogens is 1. The second kappa shape index (κ2) is 7.27. The predicted molar refractivity (Wildman–Crippen MR) is 89.9 cm³/mol. The first kappa shape index (κ1) is 15.6. The molecule has 0 bridgehead atoms. The van der Waals surface area contributed by atoms with Crippen LogP contribution in [0.4, 0.5) is 5.69 Å². The molecule has 2 aromatic carbocycles. The lowest BCUT2D eigenvalue weighted by atomic mass is 10.1. The van der Waals surface area contributed by atoms with E-state index in [0.717, 1.165) is 21.3 Å². The van der Waals surface area contributed by atoms with Crippen molar-refractivity contribution in [1.82, 2.24) is 5.32 Å². The third-order valence-electron chi connectivity index (χ3n) is 3.34. The summed E-state index contributed by atoms with van der Waals surface area (Å²) in [5, 5.41) is 3.02. The van der Waals surface area contributed by atoms with Gasteiger partial charge in [-0.15, -0.1) is 0 Å². The van der Waals surface area contributed by atoms with E-state index in [4.69, 9.17) is 5.73 Å². The van der Waals surface area contributed by atoms with Crippen molar-refractivity contribution < 1.29 is 4.79 Å². The van der Waals surface area contributed by atoms with E-state index in [0.29, 0.717) is 12.8 Å². The fourth-order valence-electron chi connectivity index (χ4n) is 2.15. The number of nitrogens with one attached hydrogen (secondary N) is 1. The second-order valence-corrected chi connectivity index (χ2v) is 6.00. The van der Waals surface area contributed by atoms with Gasteiger partial charge in [-0.3, -0.25) is 4.79 Å². The van der Waals surface area contributed by atoms with Crippen molar-refractivity contribution in [3.63, 3.8) is 0 Å². The van der Waals surface area contributed by atoms with Crippen LogP contribution >= 0.6 is 15.9 Å². The molecule has 0 heterocycles. The number of hydrogen-bond acceptors (Lipinski definition) is 2. The van der Waals surface area contributed by atoms with Crippen LogP contribution in [0.15, 0.2) is 53.0 Å². The standard InChI is InChI=1S/C17H19BrN2O/c1-12(14-6-8-15(18)9-7-14)20-17(21)10-5-13-3-2-4-16(19)11-13/h2-4,6-9,11-12H,5,10,19H2,1H3,(H,20,21). The highest BCUT2D eigenvalue weighted by molar-refractivity contribution is 9.10. The third kappa shape index (κ3) is 4.90. The summed E-state index contributed by atoms with van der Waals surface area (Å²) in [4.78, 5) is 12.0. The predicted octanol–water partition coefficient (Wildman–Crippen LogP) is 3.84. The molecule has 0 saturated heterocycles. The number of amides is 1. The minimum atomic E-state index is 0.00597. The quantitative estimate of drug-likeness (QED) is 0.808. The normalized spacial score (nSPS) is 11.9. The minimum Gasteiger partial charge on any atom is -0.399 e. The molecule has 0 aliphatic heterocycles. The Balaban J connectivity index is 1.85. The van der Waals surface area contributed by atoms with Gasteiger partial charge < -0.3 is 11.1 Å². The van der Waals surface area contributed by atoms with Gasteiger partial charge in [-0.05, 0) is 48.7 Å². The number of nitrogen functional groups attached to an aromatic ring is 1. The average molecular weight is 347 g/mol. The van der Waals surface area contributed by atoms with E-state index in [2.05, 4.69) is 21.2 Å². The van der Waals surface area contributed by atoms with Crippen LogP contribution in [0.1, 0.15) is 30.5 Å². The van der Waals surface area contributed by atoms with Crippen LogP contribution < -0.4 is 11.1 Å². The molecule has 0 aromatic heterocycles. The van der Waals surface area contributed by atoms with Crippen molar-refractivity contribution >= 4 is 27.5 Å². The maximum atomic E-state index is 12.0. The van der Waals surface area contributed by atoms with Crippen LogP contribution in [-0.4, -0.2) is 5.91 Å². The summed E-state index contributed by atoms with van der Waals surface area (Å²) < 4.78 is 1.03. The Morgan fingerprint density at radius 2 is 1.95 bits per heavy atom. The van der Waals surface area contributed by atoms with Gasteiger partial charge in [-0.2, -0.15) is 0 Å². The molecule has 110 valence electrons. The molecule has 1 amide bonds. The Morgan fingerprint density at radius 3 is 2.62 bits per heavy atom. The van der Waals surface area contributed by atoms with Crippen molar-refractivity contribution in [2.24, 2.45) is 0 Å². The van der Waals surface area contributed by atoms with Gasteiger partial charge in [0, 0.05) is 16.6 Å². The molecule has 2 rings (SSSR count). The molecule has 0 radical (unpaired) electrons. The molecular weight excluding hydrogens is 328 g/mol. The summed E-state index contributed by atoms with van der Waals surface area (Å²) in [5.74, 6) is 0.0489. The summed E-state index contributed by atoms with van der Waals surface area (Å²) >= 11 is 3.40. The fraction of sp³-hybridized carbons (Fsp3) is 0.235. The first-order chi connectivity index (χ1) is 10.0. The maximum Gasteiger partial charge on any atom is 0.220 e. The number of benzene rings is 2. The Hall–Kier alpha value is -1.81. The summed E-state index contributed by atoms with van der Waals surface area (Å²) in [6.45, 7) is 1.99. The van der Waals surface area contributed by atoms with Gasteiger partial charge in [0.2, 0.25) is 5.91 Å². The molecule has 3 nitrogen and oxygen atoms in total. The smallest absolute Gasteiger partial charge is 0.220 e. The second-order valence-electron chi connectivity index (χ2n) is 5.09. The Kier molecular flexibility index (Phi) is 5.39. The highest BCUT2D eigenvalue weighted by Gasteiger charge is 2.09. The van der Waals surface area contributed by atoms with Gasteiger partial charge in [0.15, 0.2) is 0 Å². The van der Waals surface area contributed by atoms with E-state index >= 15 is 0 Å². The number of carbonyl (C=O) groups excluding carboxylic acids is 1. The molecule has 1 unspecified atom stereocenters. The summed E-state index contributed by atoms with van der Waals surface area (Å²) in [6, 6.07) is 15.6. The lowest BCUT2D eigenvalue weighted by Gasteiger charge is -2.14. The zero-order chi connectivity index (χ0) is 15.2. The van der Waals surface area contributed by atoms with Gasteiger partial charge in [0.25, 0.3) is 0 Å². The van der Waals surface area contributed by atoms with Crippen molar-refractivity contribution in [3.8, 4) is 0 Å². The first-order valence-corrected chi connectivity index (χ1v) is 7.73. The number of anilines is 1. The van der Waals surface area contributed by atoms with Crippen LogP contribution in [0.25, 0.3) is 0 Å². The van der Waals surface area contributed by atoms with Crippen LogP contribution in [0.5, 0.6) is 0 Å². The lowest BCUT2D eigenvalue weighted by Crippen LogP contribution is -2.26. The summed E-state index contributed by atoms with van der Waals surface area (Å²) in [5.41, 5.74) is 8.64. The van der Waals surface area contributed by atoms with Crippen LogP contribution in [0.2, 0.25) is 0 Å². The third-order valence-corrected chi connectivity index (χ3v) is 3.87. The maximum absolute atomic E-state index is 12.0. The minimum absolute atomic E-state index is 0.00597. The van der Waals surface area contributed by atoms with E-state index in [1.807, 2.05) is 55.5 Å².